The molecule has 0 saturated carbocycles. The number of piperazine rings is 1. The topological polar surface area (TPSA) is 155 Å². The van der Waals surface area contributed by atoms with E-state index in [-0.39, 0.29) is 23.7 Å². The van der Waals surface area contributed by atoms with Crippen LogP contribution in [-0.4, -0.2) is 71.2 Å². The number of nitrogens with one attached hydrogen (secondary N) is 1. The fourth-order valence-electron chi connectivity index (χ4n) is 4.06. The Hall–Kier alpha value is -3.06. The van der Waals surface area contributed by atoms with Gasteiger partial charge in [0.25, 0.3) is 0 Å². The van der Waals surface area contributed by atoms with Gasteiger partial charge in [0.05, 0.1) is 23.7 Å². The molecule has 2 atom stereocenters. The van der Waals surface area contributed by atoms with Gasteiger partial charge in [-0.05, 0) is 44.5 Å². The smallest absolute Gasteiger partial charge is 0.211 e. The predicted molar refractivity (Wildman–Crippen MR) is 145 cm³/mol. The zero-order chi connectivity index (χ0) is 26.6. The maximum atomic E-state index is 12.0. The fraction of sp³-hybridized carbons (Fsp3) is 0.391. The number of nitrogens with two attached hydrogens (primary N) is 2. The highest BCUT2D eigenvalue weighted by atomic mass is 35.5. The van der Waals surface area contributed by atoms with Gasteiger partial charge in [-0.25, -0.2) is 28.4 Å². The van der Waals surface area contributed by atoms with Crippen LogP contribution in [0.2, 0.25) is 5.15 Å². The first-order valence-corrected chi connectivity index (χ1v) is 13.5. The van der Waals surface area contributed by atoms with Gasteiger partial charge in [-0.3, -0.25) is 4.90 Å². The van der Waals surface area contributed by atoms with Crippen LogP contribution in [0.4, 0.5) is 11.5 Å². The van der Waals surface area contributed by atoms with Crippen LogP contribution in [0.25, 0.3) is 0 Å². The maximum absolute atomic E-state index is 12.0. The number of aliphatic imine (C=N–C) groups is 2. The number of anilines is 2. The molecule has 0 unspecified atom stereocenters. The lowest BCUT2D eigenvalue weighted by molar-refractivity contribution is 0.0905. The van der Waals surface area contributed by atoms with Crippen LogP contribution in [0.5, 0.6) is 0 Å². The Balaban J connectivity index is 1.96. The molecule has 5 N–H and O–H groups in total. The van der Waals surface area contributed by atoms with Gasteiger partial charge >= 0.3 is 0 Å². The van der Waals surface area contributed by atoms with Crippen molar-refractivity contribution in [3.05, 3.63) is 59.3 Å². The normalized spacial score (nSPS) is 19.2. The van der Waals surface area contributed by atoms with Crippen molar-refractivity contribution in [1.82, 2.24) is 19.2 Å². The minimum atomic E-state index is -3.23. The Morgan fingerprint density at radius 3 is 2.56 bits per heavy atom. The van der Waals surface area contributed by atoms with Crippen molar-refractivity contribution in [2.75, 3.05) is 31.2 Å². The summed E-state index contributed by atoms with van der Waals surface area (Å²) >= 11 is 5.91. The number of halogens is 1. The maximum Gasteiger partial charge on any atom is 0.211 e. The molecule has 1 saturated heterocycles. The van der Waals surface area contributed by atoms with Crippen LogP contribution in [0.15, 0.2) is 53.0 Å². The zero-order valence-corrected chi connectivity index (χ0v) is 22.4. The van der Waals surface area contributed by atoms with Crippen LogP contribution < -0.4 is 16.8 Å². The Morgan fingerprint density at radius 2 is 1.97 bits per heavy atom. The van der Waals surface area contributed by atoms with Crippen molar-refractivity contribution in [3.8, 4) is 0 Å². The second kappa shape index (κ2) is 11.3. The molecule has 3 heterocycles. The van der Waals surface area contributed by atoms with E-state index in [1.807, 2.05) is 13.0 Å². The molecule has 2 aromatic heterocycles. The Morgan fingerprint density at radius 1 is 1.25 bits per heavy atom. The number of nitrogens with zero attached hydrogens (tertiary/aromatic N) is 6. The summed E-state index contributed by atoms with van der Waals surface area (Å²) < 4.78 is 25.5. The van der Waals surface area contributed by atoms with Crippen LogP contribution in [0, 0.1) is 0 Å². The largest absolute Gasteiger partial charge is 0.384 e. The van der Waals surface area contributed by atoms with Gasteiger partial charge in [-0.15, -0.1) is 0 Å². The summed E-state index contributed by atoms with van der Waals surface area (Å²) in [4.78, 5) is 19.4. The molecule has 13 heteroatoms. The van der Waals surface area contributed by atoms with Crippen LogP contribution in [-0.2, 0) is 10.0 Å². The van der Waals surface area contributed by atoms with Crippen molar-refractivity contribution in [2.24, 2.45) is 21.5 Å². The van der Waals surface area contributed by atoms with Crippen LogP contribution in [0.3, 0.4) is 0 Å². The number of rotatable bonds is 7. The molecule has 0 amide bonds. The summed E-state index contributed by atoms with van der Waals surface area (Å²) in [7, 11) is -3.23. The van der Waals surface area contributed by atoms with E-state index >= 15 is 0 Å². The second-order valence-electron chi connectivity index (χ2n) is 8.69. The molecule has 3 rings (SSSR count). The van der Waals surface area contributed by atoms with Crippen molar-refractivity contribution < 1.29 is 8.42 Å². The van der Waals surface area contributed by atoms with Gasteiger partial charge in [0, 0.05) is 37.9 Å². The second-order valence-corrected chi connectivity index (χ2v) is 11.1. The first kappa shape index (κ1) is 27.5. The summed E-state index contributed by atoms with van der Waals surface area (Å²) in [6.07, 6.45) is 4.60. The average molecular weight is 534 g/mol. The quantitative estimate of drug-likeness (QED) is 0.278. The molecular formula is C23H32ClN9O2S. The molecule has 11 nitrogen and oxygen atoms in total. The number of pyridine rings is 2. The number of amidine groups is 2. The van der Waals surface area contributed by atoms with Crippen molar-refractivity contribution in [1.29, 1.82) is 0 Å². The summed E-state index contributed by atoms with van der Waals surface area (Å²) in [6.45, 7) is 10.8. The van der Waals surface area contributed by atoms with Gasteiger partial charge in [-0.2, -0.15) is 4.31 Å². The van der Waals surface area contributed by atoms with E-state index in [0.717, 1.165) is 5.56 Å². The molecular weight excluding hydrogens is 502 g/mol. The Kier molecular flexibility index (Phi) is 8.67. The average Bonchev–Trinajstić information content (AvgIpc) is 2.79. The van der Waals surface area contributed by atoms with Crippen molar-refractivity contribution in [3.63, 3.8) is 0 Å². The highest BCUT2D eigenvalue weighted by Crippen LogP contribution is 2.28. The summed E-state index contributed by atoms with van der Waals surface area (Å²) in [6, 6.07) is 5.33. The molecule has 0 bridgehead atoms. The lowest BCUT2D eigenvalue weighted by atomic mass is 10.0. The molecule has 1 aliphatic heterocycles. The third kappa shape index (κ3) is 7.00. The molecule has 36 heavy (non-hydrogen) atoms. The Labute approximate surface area is 217 Å². The van der Waals surface area contributed by atoms with Crippen LogP contribution in [0.1, 0.15) is 37.9 Å². The van der Waals surface area contributed by atoms with E-state index in [1.165, 1.54) is 10.6 Å². The SMILES string of the molecule is C=C(N)/N=C(C)\N=C(/N)c1cc([C@@H](C)N2CCN(S(C)(=O)=O)C[C@@H]2C)cnc1Nc1ccc(Cl)nc1. The molecule has 0 aliphatic carbocycles. The predicted octanol–water partition coefficient (Wildman–Crippen LogP) is 2.45. The molecule has 1 aliphatic rings. The van der Waals surface area contributed by atoms with Gasteiger partial charge < -0.3 is 16.8 Å². The molecule has 2 aromatic rings. The monoisotopic (exact) mass is 533 g/mol. The lowest BCUT2D eigenvalue weighted by Crippen LogP contribution is -2.53. The summed E-state index contributed by atoms with van der Waals surface area (Å²) in [5.41, 5.74) is 14.1. The number of sulfonamides is 1. The van der Waals surface area contributed by atoms with Crippen LogP contribution >= 0.6 is 11.6 Å². The minimum absolute atomic E-state index is 0.0147. The van der Waals surface area contributed by atoms with E-state index in [0.29, 0.717) is 47.7 Å². The van der Waals surface area contributed by atoms with E-state index in [4.69, 9.17) is 23.1 Å². The number of hydrogen-bond donors (Lipinski definition) is 3. The fourth-order valence-corrected chi connectivity index (χ4v) is 5.08. The van der Waals surface area contributed by atoms with E-state index in [1.54, 1.807) is 31.5 Å². The third-order valence-electron chi connectivity index (χ3n) is 5.85. The highest BCUT2D eigenvalue weighted by molar-refractivity contribution is 7.88. The first-order chi connectivity index (χ1) is 16.8. The minimum Gasteiger partial charge on any atom is -0.384 e. The lowest BCUT2D eigenvalue weighted by Gasteiger charge is -2.42. The van der Waals surface area contributed by atoms with Gasteiger partial charge in [0.2, 0.25) is 10.0 Å². The van der Waals surface area contributed by atoms with Crippen molar-refractivity contribution in [2.45, 2.75) is 32.9 Å². The Bertz CT molecular complexity index is 1280. The third-order valence-corrected chi connectivity index (χ3v) is 7.35. The van der Waals surface area contributed by atoms with Gasteiger partial charge in [-0.1, -0.05) is 18.2 Å². The van der Waals surface area contributed by atoms with E-state index in [9.17, 15) is 8.42 Å². The van der Waals surface area contributed by atoms with E-state index < -0.39 is 10.0 Å². The zero-order valence-electron chi connectivity index (χ0n) is 20.8. The first-order valence-electron chi connectivity index (χ1n) is 11.3. The molecule has 0 spiro atoms. The van der Waals surface area contributed by atoms with Gasteiger partial charge in [0.1, 0.15) is 28.5 Å². The number of aromatic nitrogens is 2. The summed E-state index contributed by atoms with van der Waals surface area (Å²) in [5.74, 6) is 1.14. The molecule has 0 radical (unpaired) electrons. The highest BCUT2D eigenvalue weighted by Gasteiger charge is 2.32. The molecule has 1 fully saturated rings. The van der Waals surface area contributed by atoms with E-state index in [2.05, 4.69) is 43.7 Å². The summed E-state index contributed by atoms with van der Waals surface area (Å²) in [5, 5.41) is 3.58. The standard InChI is InChI=1S/C23H32ClN9O2S/c1-14-13-32(36(5,34)35)8-9-33(14)15(2)18-10-20(22(26)30-17(4)29-16(3)25)23(28-11-18)31-19-6-7-21(24)27-12-19/h6-7,10-12,14-15H,3,8-9,13,25H2,1-2,4-5H3,(H,28,31)(H2,26,29,30)/t14-,15+/m0/s1. The number of hydrogen-bond acceptors (Lipinski definition) is 8. The van der Waals surface area contributed by atoms with Crippen molar-refractivity contribution >= 4 is 44.8 Å². The molecule has 194 valence electrons. The van der Waals surface area contributed by atoms with Gasteiger partial charge in [0.15, 0.2) is 0 Å². The molecule has 0 aromatic carbocycles.